The molecule has 1 amide bonds. The topological polar surface area (TPSA) is 100 Å². The summed E-state index contributed by atoms with van der Waals surface area (Å²) in [4.78, 5) is 24.0. The van der Waals surface area contributed by atoms with Crippen molar-refractivity contribution in [3.63, 3.8) is 0 Å². The second kappa shape index (κ2) is 8.29. The van der Waals surface area contributed by atoms with Crippen molar-refractivity contribution in [3.05, 3.63) is 46.7 Å². The number of thiophene rings is 1. The number of aliphatic hydroxyl groups excluding tert-OH is 1. The first-order valence-electron chi connectivity index (χ1n) is 8.66. The van der Waals surface area contributed by atoms with E-state index in [1.54, 1.807) is 18.5 Å². The van der Waals surface area contributed by atoms with E-state index < -0.39 is 23.1 Å². The van der Waals surface area contributed by atoms with Gasteiger partial charge in [-0.2, -0.15) is 13.2 Å². The highest BCUT2D eigenvalue weighted by molar-refractivity contribution is 7.19. The molecule has 0 aliphatic carbocycles. The number of carbonyl (C=O) groups excluding carboxylic acids is 1. The molecule has 0 unspecified atom stereocenters. The van der Waals surface area contributed by atoms with Crippen LogP contribution in [0.5, 0.6) is 0 Å². The molecule has 0 fully saturated rings. The number of rotatable bonds is 6. The number of nitrogens with one attached hydrogen (secondary N) is 2. The van der Waals surface area contributed by atoms with Gasteiger partial charge >= 0.3 is 6.18 Å². The van der Waals surface area contributed by atoms with E-state index in [4.69, 9.17) is 0 Å². The Bertz CT molecular complexity index is 1010. The third-order valence-corrected chi connectivity index (χ3v) is 5.13. The molecule has 3 N–H and O–H groups in total. The number of aromatic nitrogens is 3. The zero-order valence-electron chi connectivity index (χ0n) is 15.5. The summed E-state index contributed by atoms with van der Waals surface area (Å²) in [6, 6.07) is 4.18. The molecule has 0 aliphatic rings. The number of carbonyl (C=O) groups is 1. The Balaban J connectivity index is 2.01. The Morgan fingerprint density at radius 2 is 2.07 bits per heavy atom. The highest BCUT2D eigenvalue weighted by atomic mass is 32.1. The summed E-state index contributed by atoms with van der Waals surface area (Å²) in [5, 5.41) is 14.8. The van der Waals surface area contributed by atoms with Crippen molar-refractivity contribution >= 4 is 33.4 Å². The Morgan fingerprint density at radius 1 is 1.31 bits per heavy atom. The first-order valence-corrected chi connectivity index (χ1v) is 9.48. The summed E-state index contributed by atoms with van der Waals surface area (Å²) in [6.45, 7) is 3.23. The average molecular weight is 425 g/mol. The third kappa shape index (κ3) is 4.98. The van der Waals surface area contributed by atoms with Gasteiger partial charge in [-0.1, -0.05) is 6.07 Å². The van der Waals surface area contributed by atoms with Crippen LogP contribution in [0.4, 0.5) is 19.1 Å². The van der Waals surface area contributed by atoms with Crippen LogP contribution in [0.2, 0.25) is 0 Å². The van der Waals surface area contributed by atoms with E-state index in [0.717, 1.165) is 11.6 Å². The molecule has 0 saturated carbocycles. The standard InChI is InChI=1S/C18H18F3N5O2S/c1-9(27)7-23-16(28)14-15-12(6-13(29-15)18(19,20)21)25-17(26-14)24-10(2)11-4-3-5-22-8-11/h3-6,8-10,27H,7H2,1-2H3,(H,23,28)(H,24,25,26)/t9-,10+/m1/s1. The number of nitrogens with zero attached hydrogens (tertiary/aromatic N) is 3. The van der Waals surface area contributed by atoms with Crippen molar-refractivity contribution in [2.45, 2.75) is 32.2 Å². The monoisotopic (exact) mass is 425 g/mol. The molecule has 154 valence electrons. The first kappa shape index (κ1) is 20.9. The zero-order valence-corrected chi connectivity index (χ0v) is 16.3. The summed E-state index contributed by atoms with van der Waals surface area (Å²) >= 11 is 0.406. The SMILES string of the molecule is C[C@H](Nc1nc(C(=O)NC[C@@H](C)O)c2sc(C(F)(F)F)cc2n1)c1cccnc1. The second-order valence-corrected chi connectivity index (χ2v) is 7.48. The van der Waals surface area contributed by atoms with E-state index in [2.05, 4.69) is 25.6 Å². The highest BCUT2D eigenvalue weighted by Crippen LogP contribution is 2.38. The van der Waals surface area contributed by atoms with Crippen LogP contribution in [0.15, 0.2) is 30.6 Å². The van der Waals surface area contributed by atoms with Crippen molar-refractivity contribution in [1.29, 1.82) is 0 Å². The number of anilines is 1. The molecule has 29 heavy (non-hydrogen) atoms. The predicted octanol–water partition coefficient (Wildman–Crippen LogP) is 3.39. The summed E-state index contributed by atoms with van der Waals surface area (Å²) in [6.07, 6.45) is -2.12. The van der Waals surface area contributed by atoms with Crippen LogP contribution in [0.1, 0.15) is 40.8 Å². The normalized spacial score (nSPS) is 13.9. The van der Waals surface area contributed by atoms with Crippen molar-refractivity contribution < 1.29 is 23.1 Å². The fourth-order valence-electron chi connectivity index (χ4n) is 2.52. The Morgan fingerprint density at radius 3 is 2.69 bits per heavy atom. The Hall–Kier alpha value is -2.79. The summed E-state index contributed by atoms with van der Waals surface area (Å²) in [5.41, 5.74) is 0.648. The molecule has 2 atom stereocenters. The van der Waals surface area contributed by atoms with Crippen molar-refractivity contribution in [2.24, 2.45) is 0 Å². The highest BCUT2D eigenvalue weighted by Gasteiger charge is 2.34. The average Bonchev–Trinajstić information content (AvgIpc) is 3.10. The van der Waals surface area contributed by atoms with Gasteiger partial charge in [-0.15, -0.1) is 11.3 Å². The maximum Gasteiger partial charge on any atom is 0.425 e. The summed E-state index contributed by atoms with van der Waals surface area (Å²) < 4.78 is 39.5. The van der Waals surface area contributed by atoms with Gasteiger partial charge in [0.05, 0.1) is 22.4 Å². The lowest BCUT2D eigenvalue weighted by atomic mass is 10.1. The van der Waals surface area contributed by atoms with E-state index in [-0.39, 0.29) is 34.4 Å². The lowest BCUT2D eigenvalue weighted by molar-refractivity contribution is -0.134. The van der Waals surface area contributed by atoms with Crippen LogP contribution in [-0.4, -0.2) is 38.6 Å². The zero-order chi connectivity index (χ0) is 21.2. The Kier molecular flexibility index (Phi) is 5.99. The third-order valence-electron chi connectivity index (χ3n) is 3.95. The second-order valence-electron chi connectivity index (χ2n) is 6.43. The fourth-order valence-corrected chi connectivity index (χ4v) is 3.47. The molecule has 3 aromatic heterocycles. The quantitative estimate of drug-likeness (QED) is 0.560. The molecule has 0 saturated heterocycles. The fraction of sp³-hybridized carbons (Fsp3) is 0.333. The molecule has 0 aromatic carbocycles. The van der Waals surface area contributed by atoms with Gasteiger partial charge in [0.15, 0.2) is 5.69 Å². The number of amides is 1. The molecule has 7 nitrogen and oxygen atoms in total. The van der Waals surface area contributed by atoms with Gasteiger partial charge in [-0.05, 0) is 31.5 Å². The molecule has 0 spiro atoms. The number of halogens is 3. The van der Waals surface area contributed by atoms with E-state index in [1.165, 1.54) is 6.92 Å². The van der Waals surface area contributed by atoms with Gasteiger partial charge in [0.1, 0.15) is 4.88 Å². The van der Waals surface area contributed by atoms with E-state index in [1.807, 2.05) is 13.0 Å². The minimum absolute atomic E-state index is 0.0143. The van der Waals surface area contributed by atoms with Crippen LogP contribution in [0, 0.1) is 0 Å². The molecular weight excluding hydrogens is 407 g/mol. The molecule has 11 heteroatoms. The minimum atomic E-state index is -4.56. The van der Waals surface area contributed by atoms with Gasteiger partial charge in [0.2, 0.25) is 5.95 Å². The minimum Gasteiger partial charge on any atom is -0.392 e. The molecule has 3 heterocycles. The molecule has 3 aromatic rings. The van der Waals surface area contributed by atoms with Crippen LogP contribution in [0.3, 0.4) is 0 Å². The number of pyridine rings is 1. The van der Waals surface area contributed by atoms with Gasteiger partial charge in [0.25, 0.3) is 5.91 Å². The number of alkyl halides is 3. The van der Waals surface area contributed by atoms with Crippen LogP contribution >= 0.6 is 11.3 Å². The molecule has 3 rings (SSSR count). The number of hydrogen-bond acceptors (Lipinski definition) is 7. The maximum absolute atomic E-state index is 13.2. The Labute approximate surface area is 168 Å². The van der Waals surface area contributed by atoms with Crippen molar-refractivity contribution in [3.8, 4) is 0 Å². The predicted molar refractivity (Wildman–Crippen MR) is 103 cm³/mol. The lowest BCUT2D eigenvalue weighted by Gasteiger charge is -2.15. The smallest absolute Gasteiger partial charge is 0.392 e. The van der Waals surface area contributed by atoms with Gasteiger partial charge in [0, 0.05) is 18.9 Å². The van der Waals surface area contributed by atoms with E-state index in [0.29, 0.717) is 11.3 Å². The number of fused-ring (bicyclic) bond motifs is 1. The van der Waals surface area contributed by atoms with E-state index >= 15 is 0 Å². The lowest BCUT2D eigenvalue weighted by Crippen LogP contribution is -2.31. The summed E-state index contributed by atoms with van der Waals surface area (Å²) in [7, 11) is 0. The molecule has 0 bridgehead atoms. The first-order chi connectivity index (χ1) is 13.6. The molecular formula is C18H18F3N5O2S. The maximum atomic E-state index is 13.2. The van der Waals surface area contributed by atoms with Crippen molar-refractivity contribution in [2.75, 3.05) is 11.9 Å². The summed E-state index contributed by atoms with van der Waals surface area (Å²) in [5.74, 6) is -0.673. The largest absolute Gasteiger partial charge is 0.425 e. The molecule has 0 aliphatic heterocycles. The van der Waals surface area contributed by atoms with Crippen molar-refractivity contribution in [1.82, 2.24) is 20.3 Å². The van der Waals surface area contributed by atoms with Gasteiger partial charge in [-0.25, -0.2) is 9.97 Å². The van der Waals surface area contributed by atoms with Gasteiger partial charge in [-0.3, -0.25) is 9.78 Å². The molecule has 0 radical (unpaired) electrons. The number of aliphatic hydroxyl groups is 1. The van der Waals surface area contributed by atoms with Gasteiger partial charge < -0.3 is 15.7 Å². The van der Waals surface area contributed by atoms with E-state index in [9.17, 15) is 23.1 Å². The van der Waals surface area contributed by atoms with Crippen LogP contribution in [-0.2, 0) is 6.18 Å². The number of hydrogen-bond donors (Lipinski definition) is 3. The van der Waals surface area contributed by atoms with Crippen LogP contribution < -0.4 is 10.6 Å². The van der Waals surface area contributed by atoms with Crippen LogP contribution in [0.25, 0.3) is 10.2 Å².